The molecule has 0 radical (unpaired) electrons. The fraction of sp³-hybridized carbons (Fsp3) is 0. The molecule has 4 heavy (non-hydrogen) atoms. The third-order valence-electron chi connectivity index (χ3n) is 0.0556. The molecular weight excluding hydrogens is 69.8 g/mol. The summed E-state index contributed by atoms with van der Waals surface area (Å²) in [7, 11) is 0. The van der Waals surface area contributed by atoms with Gasteiger partial charge in [0.05, 0.1) is 0 Å². The van der Waals surface area contributed by atoms with Crippen LogP contribution < -0.4 is 0 Å². The van der Waals surface area contributed by atoms with Crippen molar-refractivity contribution >= 4 is 20.9 Å². The minimum absolute atomic E-state index is 0.403. The molecule has 0 saturated carbocycles. The molecule has 0 unspecified atom stereocenters. The molecule has 0 bridgehead atoms. The molecule has 0 aliphatic carbocycles. The van der Waals surface area contributed by atoms with E-state index in [1.165, 1.54) is 0 Å². The second-order valence-corrected chi connectivity index (χ2v) is 0.816. The molecule has 0 heterocycles. The number of hydrogen-bond acceptors (Lipinski definition) is 2. The average Bonchev–Trinajstić information content (AvgIpc) is 1.37. The van der Waals surface area contributed by atoms with Crippen molar-refractivity contribution in [2.24, 2.45) is 0 Å². The van der Waals surface area contributed by atoms with Gasteiger partial charge in [0.15, 0.2) is 0 Å². The van der Waals surface area contributed by atoms with Gasteiger partial charge in [-0.05, 0) is 0 Å². The van der Waals surface area contributed by atoms with Crippen LogP contribution in [-0.4, -0.2) is 20.9 Å². The van der Waals surface area contributed by atoms with E-state index in [-0.39, 0.29) is 0 Å². The molecular formula is AlBO2. The van der Waals surface area contributed by atoms with Crippen LogP contribution in [0.3, 0.4) is 0 Å². The van der Waals surface area contributed by atoms with Crippen molar-refractivity contribution in [3.63, 3.8) is 0 Å². The summed E-state index contributed by atoms with van der Waals surface area (Å²) < 4.78 is 17.9. The summed E-state index contributed by atoms with van der Waals surface area (Å²) in [6.45, 7) is 0. The summed E-state index contributed by atoms with van der Waals surface area (Å²) in [4.78, 5) is 0. The molecule has 0 saturated heterocycles. The average molecular weight is 69.8 g/mol. The first kappa shape index (κ1) is 4.20. The zero-order valence-electron chi connectivity index (χ0n) is 1.97. The molecule has 2 nitrogen and oxygen atoms in total. The molecule has 0 rings (SSSR count). The Morgan fingerprint density at radius 1 is 1.75 bits per heavy atom. The molecule has 0 aliphatic rings. The summed E-state index contributed by atoms with van der Waals surface area (Å²) >= 11 is -1.15. The Morgan fingerprint density at radius 2 is 2.00 bits per heavy atom. The van der Waals surface area contributed by atoms with Crippen LogP contribution in [0, 0.1) is 0 Å². The maximum absolute atomic E-state index is 9.01. The standard InChI is InChI=1S/Al.BO.O/c;1-2;/q-1;+1;. The van der Waals surface area contributed by atoms with Crippen molar-refractivity contribution in [3.8, 4) is 0 Å². The predicted molar refractivity (Wildman–Crippen MR) is 12.9 cm³/mol. The van der Waals surface area contributed by atoms with Crippen molar-refractivity contribution in [2.75, 3.05) is 0 Å². The van der Waals surface area contributed by atoms with Gasteiger partial charge in [-0.2, -0.15) is 0 Å². The molecule has 0 atom stereocenters. The third kappa shape index (κ3) is 2.20. The predicted octanol–water partition coefficient (Wildman–Crippen LogP) is -0.999. The van der Waals surface area contributed by atoms with Gasteiger partial charge in [-0.3, -0.25) is 0 Å². The van der Waals surface area contributed by atoms with Crippen molar-refractivity contribution in [3.05, 3.63) is 0 Å². The van der Waals surface area contributed by atoms with Crippen LogP contribution >= 0.6 is 0 Å². The summed E-state index contributed by atoms with van der Waals surface area (Å²) in [5.41, 5.74) is 0. The van der Waals surface area contributed by atoms with E-state index in [4.69, 9.17) is 8.51 Å². The molecule has 0 spiro atoms. The summed E-state index contributed by atoms with van der Waals surface area (Å²) in [5.74, 6) is 0.403. The van der Waals surface area contributed by atoms with Gasteiger partial charge in [0, 0.05) is 0 Å². The van der Waals surface area contributed by atoms with Crippen LogP contribution in [0.15, 0.2) is 0 Å². The minimum atomic E-state index is -1.15. The molecule has 0 aromatic heterocycles. The van der Waals surface area contributed by atoms with Gasteiger partial charge in [-0.15, -0.1) is 0 Å². The molecule has 0 amide bonds. The number of hydrogen-bond donors (Lipinski definition) is 0. The Labute approximate surface area is 30.2 Å². The molecule has 0 aliphatic heterocycles. The Morgan fingerprint density at radius 3 is 2.00 bits per heavy atom. The van der Waals surface area contributed by atoms with Crippen molar-refractivity contribution in [1.29, 1.82) is 0 Å². The van der Waals surface area contributed by atoms with E-state index in [0.717, 1.165) is 0 Å². The second-order valence-electron chi connectivity index (χ2n) is 0.272. The Balaban J connectivity index is 2.73. The summed E-state index contributed by atoms with van der Waals surface area (Å²) in [6, 6.07) is 0. The van der Waals surface area contributed by atoms with Crippen molar-refractivity contribution < 1.29 is 8.51 Å². The van der Waals surface area contributed by atoms with E-state index in [9.17, 15) is 0 Å². The van der Waals surface area contributed by atoms with Gasteiger partial charge in [0.25, 0.3) is 0 Å². The van der Waals surface area contributed by atoms with E-state index >= 15 is 0 Å². The van der Waals surface area contributed by atoms with Crippen molar-refractivity contribution in [1.82, 2.24) is 0 Å². The van der Waals surface area contributed by atoms with Crippen LogP contribution in [0.25, 0.3) is 0 Å². The van der Waals surface area contributed by atoms with Gasteiger partial charge < -0.3 is 0 Å². The molecule has 0 aromatic rings. The van der Waals surface area contributed by atoms with E-state index < -0.39 is 15.0 Å². The zero-order valence-corrected chi connectivity index (χ0v) is 3.13. The van der Waals surface area contributed by atoms with Crippen molar-refractivity contribution in [2.45, 2.75) is 0 Å². The first-order chi connectivity index (χ1) is 1.91. The Kier molecular flexibility index (Phi) is 3.36. The SMILES string of the molecule is O=[B][Al]=[O]. The Bertz CT molecular complexity index is 27.0. The van der Waals surface area contributed by atoms with Gasteiger partial charge in [0.1, 0.15) is 0 Å². The van der Waals surface area contributed by atoms with Gasteiger partial charge in [0.2, 0.25) is 0 Å². The second kappa shape index (κ2) is 3.20. The van der Waals surface area contributed by atoms with Gasteiger partial charge >= 0.3 is 29.4 Å². The fourth-order valence-corrected chi connectivity index (χ4v) is 0. The molecule has 0 aromatic carbocycles. The topological polar surface area (TPSA) is 34.1 Å². The normalized spacial score (nSPS) is 3.00. The fourth-order valence-electron chi connectivity index (χ4n) is 0. The zero-order chi connectivity index (χ0) is 3.41. The third-order valence-corrected chi connectivity index (χ3v) is 0.167. The van der Waals surface area contributed by atoms with E-state index in [2.05, 4.69) is 0 Å². The van der Waals surface area contributed by atoms with Crippen LogP contribution in [0.2, 0.25) is 0 Å². The van der Waals surface area contributed by atoms with Gasteiger partial charge in [-0.25, -0.2) is 0 Å². The van der Waals surface area contributed by atoms with E-state index in [0.29, 0.717) is 5.92 Å². The van der Waals surface area contributed by atoms with Gasteiger partial charge in [-0.1, -0.05) is 0 Å². The van der Waals surface area contributed by atoms with Crippen LogP contribution in [0.1, 0.15) is 0 Å². The summed E-state index contributed by atoms with van der Waals surface area (Å²) in [6.07, 6.45) is 0. The maximum atomic E-state index is 9.01. The number of rotatable bonds is 1. The van der Waals surface area contributed by atoms with Crippen LogP contribution in [0.4, 0.5) is 0 Å². The first-order valence-electron chi connectivity index (χ1n) is 0.805. The molecule has 4 heteroatoms. The van der Waals surface area contributed by atoms with E-state index in [1.807, 2.05) is 0 Å². The summed E-state index contributed by atoms with van der Waals surface area (Å²) in [5, 5.41) is 0. The molecule has 0 fully saturated rings. The first-order valence-corrected chi connectivity index (χ1v) is 1.94. The quantitative estimate of drug-likeness (QED) is 0.371. The Hall–Kier alpha value is 0.197. The van der Waals surface area contributed by atoms with Crippen LogP contribution in [0.5, 0.6) is 0 Å². The molecule has 18 valence electrons. The monoisotopic (exact) mass is 70.0 g/mol. The van der Waals surface area contributed by atoms with E-state index in [1.54, 1.807) is 0 Å². The molecule has 0 N–H and O–H groups in total. The van der Waals surface area contributed by atoms with Crippen LogP contribution in [-0.2, 0) is 8.51 Å².